The van der Waals surface area contributed by atoms with Crippen LogP contribution >= 0.6 is 0 Å². The molecule has 2 N–H and O–H groups in total. The fraction of sp³-hybridized carbons (Fsp3) is 0.900. The molecule has 0 aliphatic heterocycles. The highest BCUT2D eigenvalue weighted by atomic mass is 16.1. The van der Waals surface area contributed by atoms with Gasteiger partial charge in [-0.05, 0) is 13.3 Å². The Kier molecular flexibility index (Phi) is 12.6. The lowest BCUT2D eigenvalue weighted by Crippen LogP contribution is -2.27. The summed E-state index contributed by atoms with van der Waals surface area (Å²) in [7, 11) is 0. The van der Waals surface area contributed by atoms with Gasteiger partial charge in [-0.2, -0.15) is 0 Å². The number of nitrogens with two attached hydrogens (primary N) is 1. The smallest absolute Gasteiger partial charge is 0.146 e. The summed E-state index contributed by atoms with van der Waals surface area (Å²) < 4.78 is 0. The van der Waals surface area contributed by atoms with Crippen molar-refractivity contribution in [2.24, 2.45) is 5.73 Å². The molecule has 12 heavy (non-hydrogen) atoms. The molecular weight excluding hydrogens is 150 g/mol. The van der Waals surface area contributed by atoms with E-state index in [4.69, 9.17) is 5.73 Å². The van der Waals surface area contributed by atoms with Gasteiger partial charge in [-0.25, -0.2) is 0 Å². The molecule has 0 bridgehead atoms. The maximum atomic E-state index is 10.6. The van der Waals surface area contributed by atoms with Crippen LogP contribution in [0, 0.1) is 0 Å². The fourth-order valence-corrected chi connectivity index (χ4v) is 0.818. The van der Waals surface area contributed by atoms with E-state index in [1.54, 1.807) is 6.92 Å². The number of hydrogen-bond acceptors (Lipinski definition) is 2. The van der Waals surface area contributed by atoms with E-state index in [0.717, 1.165) is 12.8 Å². The molecular formula is C10H23NO. The molecule has 1 atom stereocenters. The monoisotopic (exact) mass is 173 g/mol. The standard InChI is InChI=1S/C8H17NO.C2H6/c1-3-4-5-6-8(9)7(2)10;1-2/h8H,3-6,9H2,1-2H3;1-2H3. The molecule has 0 aromatic heterocycles. The first kappa shape index (κ1) is 14.2. The number of rotatable bonds is 5. The van der Waals surface area contributed by atoms with Crippen LogP contribution in [0.3, 0.4) is 0 Å². The Balaban J connectivity index is 0. The quantitative estimate of drug-likeness (QED) is 0.649. The van der Waals surface area contributed by atoms with Gasteiger partial charge < -0.3 is 5.73 Å². The summed E-state index contributed by atoms with van der Waals surface area (Å²) >= 11 is 0. The minimum Gasteiger partial charge on any atom is -0.322 e. The average Bonchev–Trinajstić information content (AvgIpc) is 2.08. The van der Waals surface area contributed by atoms with E-state index in [2.05, 4.69) is 6.92 Å². The number of unbranched alkanes of at least 4 members (excludes halogenated alkanes) is 2. The van der Waals surface area contributed by atoms with Crippen molar-refractivity contribution >= 4 is 5.78 Å². The molecule has 0 aliphatic carbocycles. The number of carbonyl (C=O) groups excluding carboxylic acids is 1. The van der Waals surface area contributed by atoms with Crippen LogP contribution in [0.15, 0.2) is 0 Å². The Morgan fingerprint density at radius 1 is 1.33 bits per heavy atom. The minimum atomic E-state index is -0.216. The van der Waals surface area contributed by atoms with E-state index in [1.807, 2.05) is 13.8 Å². The predicted molar refractivity (Wildman–Crippen MR) is 54.1 cm³/mol. The Morgan fingerprint density at radius 3 is 2.17 bits per heavy atom. The van der Waals surface area contributed by atoms with Crippen molar-refractivity contribution in [2.45, 2.75) is 59.4 Å². The minimum absolute atomic E-state index is 0.108. The summed E-state index contributed by atoms with van der Waals surface area (Å²) in [6.45, 7) is 7.69. The molecule has 0 heterocycles. The normalized spacial score (nSPS) is 11.4. The van der Waals surface area contributed by atoms with Gasteiger partial charge in [-0.1, -0.05) is 40.0 Å². The molecule has 0 aromatic rings. The maximum absolute atomic E-state index is 10.6. The van der Waals surface area contributed by atoms with Crippen LogP contribution in [0.1, 0.15) is 53.4 Å². The first-order chi connectivity index (χ1) is 5.68. The molecule has 0 aliphatic rings. The average molecular weight is 173 g/mol. The molecule has 1 unspecified atom stereocenters. The SMILES string of the molecule is CC.CCCCCC(N)C(C)=O. The summed E-state index contributed by atoms with van der Waals surface area (Å²) in [6.07, 6.45) is 4.30. The molecule has 0 spiro atoms. The molecule has 2 heteroatoms. The van der Waals surface area contributed by atoms with E-state index in [1.165, 1.54) is 12.8 Å². The van der Waals surface area contributed by atoms with E-state index in [0.29, 0.717) is 0 Å². The molecule has 0 aromatic carbocycles. The van der Waals surface area contributed by atoms with E-state index >= 15 is 0 Å². The zero-order valence-corrected chi connectivity index (χ0v) is 8.89. The lowest BCUT2D eigenvalue weighted by atomic mass is 10.1. The summed E-state index contributed by atoms with van der Waals surface area (Å²) in [5.74, 6) is 0.108. The van der Waals surface area contributed by atoms with E-state index in [9.17, 15) is 4.79 Å². The third-order valence-electron chi connectivity index (χ3n) is 1.64. The highest BCUT2D eigenvalue weighted by molar-refractivity contribution is 5.80. The second kappa shape index (κ2) is 10.6. The summed E-state index contributed by atoms with van der Waals surface area (Å²) in [5.41, 5.74) is 5.51. The fourth-order valence-electron chi connectivity index (χ4n) is 0.818. The van der Waals surface area contributed by atoms with Crippen molar-refractivity contribution in [2.75, 3.05) is 0 Å². The van der Waals surface area contributed by atoms with Crippen molar-refractivity contribution in [1.29, 1.82) is 0 Å². The maximum Gasteiger partial charge on any atom is 0.146 e. The highest BCUT2D eigenvalue weighted by Gasteiger charge is 2.05. The first-order valence-corrected chi connectivity index (χ1v) is 4.94. The Labute approximate surface area is 76.5 Å². The van der Waals surface area contributed by atoms with Crippen molar-refractivity contribution in [1.82, 2.24) is 0 Å². The third kappa shape index (κ3) is 9.63. The molecule has 0 rings (SSSR count). The summed E-state index contributed by atoms with van der Waals surface area (Å²) in [6, 6.07) is -0.216. The van der Waals surface area contributed by atoms with Crippen LogP contribution in [-0.2, 0) is 4.79 Å². The highest BCUT2D eigenvalue weighted by Crippen LogP contribution is 2.01. The van der Waals surface area contributed by atoms with Gasteiger partial charge in [-0.15, -0.1) is 0 Å². The van der Waals surface area contributed by atoms with Gasteiger partial charge in [0.2, 0.25) is 0 Å². The zero-order valence-electron chi connectivity index (χ0n) is 8.89. The summed E-state index contributed by atoms with van der Waals surface area (Å²) in [5, 5.41) is 0. The number of ketones is 1. The Morgan fingerprint density at radius 2 is 1.83 bits per heavy atom. The second-order valence-corrected chi connectivity index (χ2v) is 2.71. The van der Waals surface area contributed by atoms with Gasteiger partial charge in [0.25, 0.3) is 0 Å². The Hall–Kier alpha value is -0.370. The lowest BCUT2D eigenvalue weighted by Gasteiger charge is -2.05. The van der Waals surface area contributed by atoms with Crippen LogP contribution in [0.2, 0.25) is 0 Å². The largest absolute Gasteiger partial charge is 0.322 e. The number of hydrogen-bond donors (Lipinski definition) is 1. The second-order valence-electron chi connectivity index (χ2n) is 2.71. The molecule has 0 saturated carbocycles. The number of carbonyl (C=O) groups is 1. The predicted octanol–water partition coefficient (Wildman–Crippen LogP) is 2.51. The third-order valence-corrected chi connectivity index (χ3v) is 1.64. The van der Waals surface area contributed by atoms with Gasteiger partial charge >= 0.3 is 0 Å². The van der Waals surface area contributed by atoms with E-state index in [-0.39, 0.29) is 11.8 Å². The lowest BCUT2D eigenvalue weighted by molar-refractivity contribution is -0.118. The number of Topliss-reactive ketones (excluding diaryl/α,β-unsaturated/α-hetero) is 1. The van der Waals surface area contributed by atoms with Crippen molar-refractivity contribution in [3.8, 4) is 0 Å². The first-order valence-electron chi connectivity index (χ1n) is 4.94. The molecule has 0 saturated heterocycles. The van der Waals surface area contributed by atoms with Crippen LogP contribution in [0.5, 0.6) is 0 Å². The van der Waals surface area contributed by atoms with Crippen LogP contribution in [-0.4, -0.2) is 11.8 Å². The van der Waals surface area contributed by atoms with Gasteiger partial charge in [0.15, 0.2) is 0 Å². The molecule has 2 nitrogen and oxygen atoms in total. The molecule has 0 amide bonds. The van der Waals surface area contributed by atoms with Gasteiger partial charge in [0, 0.05) is 0 Å². The molecule has 74 valence electrons. The van der Waals surface area contributed by atoms with Crippen LogP contribution < -0.4 is 5.73 Å². The van der Waals surface area contributed by atoms with E-state index < -0.39 is 0 Å². The van der Waals surface area contributed by atoms with Gasteiger partial charge in [0.05, 0.1) is 6.04 Å². The van der Waals surface area contributed by atoms with Crippen molar-refractivity contribution in [3.05, 3.63) is 0 Å². The molecule has 0 fully saturated rings. The van der Waals surface area contributed by atoms with Crippen LogP contribution in [0.4, 0.5) is 0 Å². The zero-order chi connectivity index (χ0) is 9.98. The Bertz CT molecular complexity index is 102. The van der Waals surface area contributed by atoms with Crippen molar-refractivity contribution in [3.63, 3.8) is 0 Å². The van der Waals surface area contributed by atoms with Gasteiger partial charge in [-0.3, -0.25) is 4.79 Å². The van der Waals surface area contributed by atoms with Crippen molar-refractivity contribution < 1.29 is 4.79 Å². The topological polar surface area (TPSA) is 43.1 Å². The summed E-state index contributed by atoms with van der Waals surface area (Å²) in [4.78, 5) is 10.6. The van der Waals surface area contributed by atoms with Crippen LogP contribution in [0.25, 0.3) is 0 Å². The molecule has 0 radical (unpaired) electrons. The van der Waals surface area contributed by atoms with Gasteiger partial charge in [0.1, 0.15) is 5.78 Å².